The van der Waals surface area contributed by atoms with Crippen LogP contribution in [0.15, 0.2) is 24.3 Å². The minimum Gasteiger partial charge on any atom is -0.368 e. The fourth-order valence-electron chi connectivity index (χ4n) is 1.82. The Hall–Kier alpha value is -1.03. The maximum Gasteiger partial charge on any atom is 0.150 e. The van der Waals surface area contributed by atoms with Crippen LogP contribution in [0.4, 0.5) is 10.2 Å². The predicted octanol–water partition coefficient (Wildman–Crippen LogP) is 5.14. The summed E-state index contributed by atoms with van der Waals surface area (Å²) in [7, 11) is 0. The third-order valence-corrected chi connectivity index (χ3v) is 3.84. The van der Waals surface area contributed by atoms with Crippen LogP contribution in [0.3, 0.4) is 0 Å². The van der Waals surface area contributed by atoms with Gasteiger partial charge in [-0.3, -0.25) is 0 Å². The number of nitrogens with one attached hydrogen (secondary N) is 1. The van der Waals surface area contributed by atoms with E-state index in [0.717, 1.165) is 17.5 Å². The third kappa shape index (κ3) is 3.75. The molecule has 2 rings (SSSR count). The highest BCUT2D eigenvalue weighted by Gasteiger charge is 2.07. The molecule has 1 N–H and O–H groups in total. The Kier molecular flexibility index (Phi) is 5.08. The number of anilines is 1. The lowest BCUT2D eigenvalue weighted by Crippen LogP contribution is -2.08. The van der Waals surface area contributed by atoms with Crippen molar-refractivity contribution < 1.29 is 4.39 Å². The lowest BCUT2D eigenvalue weighted by atomic mass is 10.1. The zero-order chi connectivity index (χ0) is 14.7. The molecule has 2 aromatic rings. The van der Waals surface area contributed by atoms with Gasteiger partial charge in [-0.1, -0.05) is 40.9 Å². The molecule has 6 heteroatoms. The Bertz CT molecular complexity index is 632. The highest BCUT2D eigenvalue weighted by atomic mass is 35.5. The first kappa shape index (κ1) is 15.4. The standard InChI is InChI=1S/C14H12Cl3FN2/c1-8-6-10(18)3-2-9(8)4-5-19-14-12(16)7-11(15)13(17)20-14/h2-3,6-7H,4-5H2,1H3,(H,19,20). The molecule has 20 heavy (non-hydrogen) atoms. The topological polar surface area (TPSA) is 24.9 Å². The van der Waals surface area contributed by atoms with Crippen LogP contribution in [0.1, 0.15) is 11.1 Å². The predicted molar refractivity (Wildman–Crippen MR) is 82.6 cm³/mol. The third-order valence-electron chi connectivity index (χ3n) is 2.88. The molecular formula is C14H12Cl3FN2. The van der Waals surface area contributed by atoms with Crippen LogP contribution >= 0.6 is 34.8 Å². The van der Waals surface area contributed by atoms with Gasteiger partial charge in [0.1, 0.15) is 16.8 Å². The quantitative estimate of drug-likeness (QED) is 0.783. The Morgan fingerprint density at radius 3 is 2.60 bits per heavy atom. The average molecular weight is 334 g/mol. The number of nitrogens with zero attached hydrogens (tertiary/aromatic N) is 1. The Morgan fingerprint density at radius 1 is 1.15 bits per heavy atom. The van der Waals surface area contributed by atoms with Gasteiger partial charge in [-0.2, -0.15) is 0 Å². The Balaban J connectivity index is 2.01. The molecule has 2 nitrogen and oxygen atoms in total. The van der Waals surface area contributed by atoms with E-state index in [1.165, 1.54) is 12.1 Å². The minimum absolute atomic E-state index is 0.205. The maximum atomic E-state index is 13.0. The van der Waals surface area contributed by atoms with E-state index in [9.17, 15) is 4.39 Å². The van der Waals surface area contributed by atoms with Gasteiger partial charge in [0.15, 0.2) is 0 Å². The van der Waals surface area contributed by atoms with Gasteiger partial charge in [0.2, 0.25) is 0 Å². The van der Waals surface area contributed by atoms with Gasteiger partial charge in [0.05, 0.1) is 10.0 Å². The van der Waals surface area contributed by atoms with Crippen molar-refractivity contribution in [2.24, 2.45) is 0 Å². The largest absolute Gasteiger partial charge is 0.368 e. The summed E-state index contributed by atoms with van der Waals surface area (Å²) in [5.74, 6) is 0.259. The fourth-order valence-corrected chi connectivity index (χ4v) is 2.39. The molecule has 0 aliphatic carbocycles. The number of benzene rings is 1. The molecule has 0 saturated heterocycles. The molecule has 0 unspecified atom stereocenters. The van der Waals surface area contributed by atoms with Gasteiger partial charge in [0, 0.05) is 6.54 Å². The molecule has 1 aromatic carbocycles. The van der Waals surface area contributed by atoms with E-state index in [1.54, 1.807) is 12.1 Å². The van der Waals surface area contributed by atoms with E-state index in [1.807, 2.05) is 6.92 Å². The summed E-state index contributed by atoms with van der Waals surface area (Å²) >= 11 is 17.7. The van der Waals surface area contributed by atoms with E-state index < -0.39 is 0 Å². The molecule has 0 atom stereocenters. The van der Waals surface area contributed by atoms with Crippen molar-refractivity contribution in [1.82, 2.24) is 4.98 Å². The number of aryl methyl sites for hydroxylation is 1. The number of aromatic nitrogens is 1. The van der Waals surface area contributed by atoms with Crippen molar-refractivity contribution in [2.45, 2.75) is 13.3 Å². The summed E-state index contributed by atoms with van der Waals surface area (Å²) in [4.78, 5) is 4.07. The monoisotopic (exact) mass is 332 g/mol. The van der Waals surface area contributed by atoms with Crippen LogP contribution in [-0.2, 0) is 6.42 Å². The van der Waals surface area contributed by atoms with Crippen molar-refractivity contribution in [1.29, 1.82) is 0 Å². The molecule has 0 saturated carbocycles. The first-order valence-electron chi connectivity index (χ1n) is 5.98. The van der Waals surface area contributed by atoms with Crippen molar-refractivity contribution in [3.63, 3.8) is 0 Å². The van der Waals surface area contributed by atoms with Gasteiger partial charge in [-0.15, -0.1) is 0 Å². The number of hydrogen-bond acceptors (Lipinski definition) is 2. The van der Waals surface area contributed by atoms with E-state index in [0.29, 0.717) is 22.4 Å². The lowest BCUT2D eigenvalue weighted by Gasteiger charge is -2.10. The molecular weight excluding hydrogens is 322 g/mol. The second-order valence-electron chi connectivity index (χ2n) is 4.34. The molecule has 0 fully saturated rings. The summed E-state index contributed by atoms with van der Waals surface area (Å²) < 4.78 is 13.0. The number of hydrogen-bond donors (Lipinski definition) is 1. The second kappa shape index (κ2) is 6.61. The number of pyridine rings is 1. The van der Waals surface area contributed by atoms with Crippen LogP contribution in [0, 0.1) is 12.7 Å². The van der Waals surface area contributed by atoms with Crippen LogP contribution in [0.25, 0.3) is 0 Å². The number of halogens is 4. The molecule has 0 radical (unpaired) electrons. The maximum absolute atomic E-state index is 13.0. The van der Waals surface area contributed by atoms with Gasteiger partial charge < -0.3 is 5.32 Å². The smallest absolute Gasteiger partial charge is 0.150 e. The molecule has 0 spiro atoms. The summed E-state index contributed by atoms with van der Waals surface area (Å²) in [6, 6.07) is 6.28. The number of rotatable bonds is 4. The summed E-state index contributed by atoms with van der Waals surface area (Å²) in [5.41, 5.74) is 1.98. The molecule has 1 heterocycles. The van der Waals surface area contributed by atoms with Crippen molar-refractivity contribution in [3.8, 4) is 0 Å². The molecule has 0 aliphatic heterocycles. The zero-order valence-corrected chi connectivity index (χ0v) is 13.0. The van der Waals surface area contributed by atoms with Gasteiger partial charge >= 0.3 is 0 Å². The van der Waals surface area contributed by atoms with Gasteiger partial charge in [0.25, 0.3) is 0 Å². The molecule has 1 aromatic heterocycles. The summed E-state index contributed by atoms with van der Waals surface area (Å²) in [6.45, 7) is 2.49. The van der Waals surface area contributed by atoms with Crippen molar-refractivity contribution >= 4 is 40.6 Å². The lowest BCUT2D eigenvalue weighted by molar-refractivity contribution is 0.625. The second-order valence-corrected chi connectivity index (χ2v) is 5.51. The highest BCUT2D eigenvalue weighted by Crippen LogP contribution is 2.28. The van der Waals surface area contributed by atoms with Crippen molar-refractivity contribution in [3.05, 3.63) is 56.4 Å². The minimum atomic E-state index is -0.228. The first-order chi connectivity index (χ1) is 9.47. The molecule has 0 aliphatic rings. The average Bonchev–Trinajstić information content (AvgIpc) is 2.38. The summed E-state index contributed by atoms with van der Waals surface area (Å²) in [5, 5.41) is 4.03. The first-order valence-corrected chi connectivity index (χ1v) is 7.11. The molecule has 106 valence electrons. The van der Waals surface area contributed by atoms with Crippen LogP contribution in [-0.4, -0.2) is 11.5 Å². The summed E-state index contributed by atoms with van der Waals surface area (Å²) in [6.07, 6.45) is 0.727. The van der Waals surface area contributed by atoms with E-state index in [2.05, 4.69) is 10.3 Å². The molecule has 0 amide bonds. The Labute approximate surface area is 131 Å². The van der Waals surface area contributed by atoms with Crippen molar-refractivity contribution in [2.75, 3.05) is 11.9 Å². The Morgan fingerprint density at radius 2 is 1.90 bits per heavy atom. The SMILES string of the molecule is Cc1cc(F)ccc1CCNc1nc(Cl)c(Cl)cc1Cl. The van der Waals surface area contributed by atoms with Gasteiger partial charge in [-0.05, 0) is 42.7 Å². The van der Waals surface area contributed by atoms with E-state index in [-0.39, 0.29) is 11.0 Å². The van der Waals surface area contributed by atoms with Crippen LogP contribution in [0.5, 0.6) is 0 Å². The fraction of sp³-hybridized carbons (Fsp3) is 0.214. The van der Waals surface area contributed by atoms with Crippen LogP contribution in [0.2, 0.25) is 15.2 Å². The molecule has 0 bridgehead atoms. The van der Waals surface area contributed by atoms with E-state index in [4.69, 9.17) is 34.8 Å². The normalized spacial score (nSPS) is 10.7. The zero-order valence-electron chi connectivity index (χ0n) is 10.7. The van der Waals surface area contributed by atoms with E-state index >= 15 is 0 Å². The highest BCUT2D eigenvalue weighted by molar-refractivity contribution is 6.42. The van der Waals surface area contributed by atoms with Crippen LogP contribution < -0.4 is 5.32 Å². The van der Waals surface area contributed by atoms with Gasteiger partial charge in [-0.25, -0.2) is 9.37 Å².